The highest BCUT2D eigenvalue weighted by Gasteiger charge is 2.30. The monoisotopic (exact) mass is 206 g/mol. The maximum Gasteiger partial charge on any atom is 0.404 e. The molecule has 1 saturated heterocycles. The van der Waals surface area contributed by atoms with E-state index < -0.39 is 6.09 Å². The number of carbonyl (C=O) groups excluding carboxylic acids is 1. The Hall–Kier alpha value is -1.55. The van der Waals surface area contributed by atoms with Gasteiger partial charge in [-0.1, -0.05) is 30.3 Å². The van der Waals surface area contributed by atoms with E-state index >= 15 is 0 Å². The second-order valence-corrected chi connectivity index (χ2v) is 3.65. The molecular weight excluding hydrogens is 192 g/mol. The first-order valence-electron chi connectivity index (χ1n) is 4.99. The Bertz CT molecular complexity index is 340. The van der Waals surface area contributed by atoms with Crippen molar-refractivity contribution in [3.05, 3.63) is 35.9 Å². The first-order chi connectivity index (χ1) is 7.27. The lowest BCUT2D eigenvalue weighted by Gasteiger charge is -2.18. The Balaban J connectivity index is 2.11. The second-order valence-electron chi connectivity index (χ2n) is 3.65. The Morgan fingerprint density at radius 2 is 2.07 bits per heavy atom. The number of benzene rings is 1. The maximum atomic E-state index is 10.7. The lowest BCUT2D eigenvalue weighted by atomic mass is 9.96. The molecule has 0 radical (unpaired) electrons. The minimum atomic E-state index is -0.704. The summed E-state index contributed by atoms with van der Waals surface area (Å²) in [5, 5.41) is 3.19. The van der Waals surface area contributed by atoms with E-state index in [1.807, 2.05) is 30.3 Å². The quantitative estimate of drug-likeness (QED) is 0.753. The van der Waals surface area contributed by atoms with Crippen molar-refractivity contribution >= 4 is 6.09 Å². The summed E-state index contributed by atoms with van der Waals surface area (Å²) in [6, 6.07) is 10.0. The van der Waals surface area contributed by atoms with Crippen molar-refractivity contribution in [2.45, 2.75) is 12.0 Å². The zero-order chi connectivity index (χ0) is 10.7. The zero-order valence-electron chi connectivity index (χ0n) is 8.35. The predicted molar refractivity (Wildman–Crippen MR) is 56.5 cm³/mol. The first kappa shape index (κ1) is 9.98. The molecule has 4 heteroatoms. The molecule has 2 unspecified atom stereocenters. The highest BCUT2D eigenvalue weighted by atomic mass is 16.6. The fourth-order valence-corrected chi connectivity index (χ4v) is 1.96. The van der Waals surface area contributed by atoms with Crippen LogP contribution >= 0.6 is 0 Å². The van der Waals surface area contributed by atoms with Crippen LogP contribution in [-0.4, -0.2) is 25.3 Å². The molecular formula is C11H14N2O2. The standard InChI is InChI=1S/C11H14N2O2/c12-11(14)15-10-7-13-6-9(10)8-4-2-1-3-5-8/h1-5,9-10,13H,6-7H2,(H2,12,14). The number of carbonyl (C=O) groups is 1. The van der Waals surface area contributed by atoms with E-state index in [2.05, 4.69) is 5.32 Å². The molecule has 1 fully saturated rings. The molecule has 1 amide bonds. The molecule has 1 aliphatic rings. The lowest BCUT2D eigenvalue weighted by molar-refractivity contribution is 0.108. The molecule has 0 spiro atoms. The summed E-state index contributed by atoms with van der Waals surface area (Å²) in [5.74, 6) is 0.207. The summed E-state index contributed by atoms with van der Waals surface area (Å²) < 4.78 is 5.05. The van der Waals surface area contributed by atoms with Crippen molar-refractivity contribution in [1.82, 2.24) is 5.32 Å². The fraction of sp³-hybridized carbons (Fsp3) is 0.364. The van der Waals surface area contributed by atoms with Crippen LogP contribution in [0, 0.1) is 0 Å². The van der Waals surface area contributed by atoms with Crippen LogP contribution in [0.25, 0.3) is 0 Å². The van der Waals surface area contributed by atoms with Gasteiger partial charge in [0, 0.05) is 19.0 Å². The molecule has 0 saturated carbocycles. The van der Waals surface area contributed by atoms with Crippen LogP contribution in [0.5, 0.6) is 0 Å². The average molecular weight is 206 g/mol. The minimum absolute atomic E-state index is 0.148. The van der Waals surface area contributed by atoms with Crippen molar-refractivity contribution in [1.29, 1.82) is 0 Å². The molecule has 2 rings (SSSR count). The largest absolute Gasteiger partial charge is 0.444 e. The molecule has 1 aromatic carbocycles. The third-order valence-electron chi connectivity index (χ3n) is 2.65. The van der Waals surface area contributed by atoms with Gasteiger partial charge in [-0.05, 0) is 5.56 Å². The number of nitrogens with one attached hydrogen (secondary N) is 1. The number of rotatable bonds is 2. The molecule has 1 aromatic rings. The minimum Gasteiger partial charge on any atom is -0.444 e. The van der Waals surface area contributed by atoms with E-state index in [0.717, 1.165) is 6.54 Å². The Morgan fingerprint density at radius 1 is 1.33 bits per heavy atom. The SMILES string of the molecule is NC(=O)OC1CNCC1c1ccccc1. The van der Waals surface area contributed by atoms with Crippen molar-refractivity contribution in [3.8, 4) is 0 Å². The van der Waals surface area contributed by atoms with Gasteiger partial charge in [0.2, 0.25) is 0 Å². The Kier molecular flexibility index (Phi) is 2.87. The van der Waals surface area contributed by atoms with Crippen molar-refractivity contribution in [3.63, 3.8) is 0 Å². The fourth-order valence-electron chi connectivity index (χ4n) is 1.96. The van der Waals surface area contributed by atoms with Gasteiger partial charge in [-0.25, -0.2) is 4.79 Å². The van der Waals surface area contributed by atoms with E-state index in [9.17, 15) is 4.79 Å². The molecule has 1 heterocycles. The third kappa shape index (κ3) is 2.27. The zero-order valence-corrected chi connectivity index (χ0v) is 8.35. The van der Waals surface area contributed by atoms with E-state index in [0.29, 0.717) is 6.54 Å². The van der Waals surface area contributed by atoms with Crippen molar-refractivity contribution in [2.75, 3.05) is 13.1 Å². The summed E-state index contributed by atoms with van der Waals surface area (Å²) in [4.78, 5) is 10.7. The summed E-state index contributed by atoms with van der Waals surface area (Å²) in [6.45, 7) is 1.49. The van der Waals surface area contributed by atoms with E-state index in [1.54, 1.807) is 0 Å². The van der Waals surface area contributed by atoms with Crippen LogP contribution in [-0.2, 0) is 4.74 Å². The topological polar surface area (TPSA) is 64.4 Å². The van der Waals surface area contributed by atoms with Crippen LogP contribution in [0.4, 0.5) is 4.79 Å². The van der Waals surface area contributed by atoms with Gasteiger partial charge in [-0.2, -0.15) is 0 Å². The van der Waals surface area contributed by atoms with Gasteiger partial charge in [0.1, 0.15) is 6.10 Å². The molecule has 1 aliphatic heterocycles. The first-order valence-corrected chi connectivity index (χ1v) is 4.99. The molecule has 3 N–H and O–H groups in total. The highest BCUT2D eigenvalue weighted by Crippen LogP contribution is 2.24. The summed E-state index contributed by atoms with van der Waals surface area (Å²) >= 11 is 0. The van der Waals surface area contributed by atoms with Gasteiger partial charge in [0.25, 0.3) is 0 Å². The molecule has 0 aliphatic carbocycles. The smallest absolute Gasteiger partial charge is 0.404 e. The van der Waals surface area contributed by atoms with Crippen LogP contribution in [0.15, 0.2) is 30.3 Å². The van der Waals surface area contributed by atoms with E-state index in [1.165, 1.54) is 5.56 Å². The normalized spacial score (nSPS) is 25.1. The summed E-state index contributed by atoms with van der Waals surface area (Å²) in [7, 11) is 0. The molecule has 0 bridgehead atoms. The van der Waals surface area contributed by atoms with Gasteiger partial charge in [-0.3, -0.25) is 0 Å². The van der Waals surface area contributed by atoms with Crippen LogP contribution in [0.1, 0.15) is 11.5 Å². The Morgan fingerprint density at radius 3 is 2.73 bits per heavy atom. The van der Waals surface area contributed by atoms with E-state index in [-0.39, 0.29) is 12.0 Å². The second kappa shape index (κ2) is 4.31. The summed E-state index contributed by atoms with van der Waals surface area (Å²) in [5.41, 5.74) is 6.20. The van der Waals surface area contributed by atoms with Gasteiger partial charge < -0.3 is 15.8 Å². The molecule has 4 nitrogen and oxygen atoms in total. The predicted octanol–water partition coefficient (Wildman–Crippen LogP) is 0.837. The van der Waals surface area contributed by atoms with Crippen LogP contribution in [0.2, 0.25) is 0 Å². The average Bonchev–Trinajstić information content (AvgIpc) is 2.66. The maximum absolute atomic E-state index is 10.7. The van der Waals surface area contributed by atoms with Gasteiger partial charge in [0.15, 0.2) is 0 Å². The molecule has 80 valence electrons. The van der Waals surface area contributed by atoms with Crippen molar-refractivity contribution in [2.24, 2.45) is 5.73 Å². The number of hydrogen-bond acceptors (Lipinski definition) is 3. The summed E-state index contributed by atoms with van der Waals surface area (Å²) in [6.07, 6.45) is -0.852. The van der Waals surface area contributed by atoms with Crippen molar-refractivity contribution < 1.29 is 9.53 Å². The van der Waals surface area contributed by atoms with Gasteiger partial charge in [0.05, 0.1) is 0 Å². The van der Waals surface area contributed by atoms with Crippen LogP contribution in [0.3, 0.4) is 0 Å². The highest BCUT2D eigenvalue weighted by molar-refractivity contribution is 5.65. The number of hydrogen-bond donors (Lipinski definition) is 2. The number of nitrogens with two attached hydrogens (primary N) is 1. The molecule has 15 heavy (non-hydrogen) atoms. The van der Waals surface area contributed by atoms with Gasteiger partial charge >= 0.3 is 6.09 Å². The third-order valence-corrected chi connectivity index (χ3v) is 2.65. The van der Waals surface area contributed by atoms with E-state index in [4.69, 9.17) is 10.5 Å². The molecule has 0 aromatic heterocycles. The lowest BCUT2D eigenvalue weighted by Crippen LogP contribution is -2.28. The van der Waals surface area contributed by atoms with Crippen LogP contribution < -0.4 is 11.1 Å². The molecule has 2 atom stereocenters. The van der Waals surface area contributed by atoms with Gasteiger partial charge in [-0.15, -0.1) is 0 Å². The number of amides is 1. The number of primary amides is 1. The number of ether oxygens (including phenoxy) is 1. The Labute approximate surface area is 88.4 Å².